The predicted molar refractivity (Wildman–Crippen MR) is 107 cm³/mol. The highest BCUT2D eigenvalue weighted by Gasteiger charge is 2.23. The van der Waals surface area contributed by atoms with Gasteiger partial charge in [0.1, 0.15) is 11.9 Å². The zero-order valence-electron chi connectivity index (χ0n) is 15.1. The van der Waals surface area contributed by atoms with Crippen molar-refractivity contribution < 1.29 is 17.6 Å². The maximum absolute atomic E-state index is 14.4. The lowest BCUT2D eigenvalue weighted by molar-refractivity contribution is 0.103. The summed E-state index contributed by atoms with van der Waals surface area (Å²) >= 11 is 6.17. The second-order valence-electron chi connectivity index (χ2n) is 6.10. The van der Waals surface area contributed by atoms with Gasteiger partial charge in [-0.15, -0.1) is 0 Å². The van der Waals surface area contributed by atoms with Crippen molar-refractivity contribution in [1.29, 1.82) is 5.26 Å². The average molecular weight is 433 g/mol. The third-order valence-electron chi connectivity index (χ3n) is 3.98. The Kier molecular flexibility index (Phi) is 5.77. The molecular weight excluding hydrogens is 419 g/mol. The number of anilines is 1. The van der Waals surface area contributed by atoms with Gasteiger partial charge in [-0.2, -0.15) is 5.26 Å². The Morgan fingerprint density at radius 1 is 1.28 bits per heavy atom. The number of carbonyl (C=O) groups excluding carboxylic acids is 1. The fourth-order valence-corrected chi connectivity index (χ4v) is 4.16. The minimum Gasteiger partial charge on any atom is -0.288 e. The lowest BCUT2D eigenvalue weighted by atomic mass is 10.0. The van der Waals surface area contributed by atoms with Crippen molar-refractivity contribution in [2.24, 2.45) is 0 Å². The Morgan fingerprint density at radius 2 is 2.03 bits per heavy atom. The van der Waals surface area contributed by atoms with Crippen LogP contribution in [0.25, 0.3) is 11.0 Å². The lowest BCUT2D eigenvalue weighted by Crippen LogP contribution is -2.17. The summed E-state index contributed by atoms with van der Waals surface area (Å²) in [7, 11) is -3.68. The summed E-state index contributed by atoms with van der Waals surface area (Å²) in [5.41, 5.74) is 0.318. The van der Waals surface area contributed by atoms with Crippen molar-refractivity contribution in [2.75, 3.05) is 10.5 Å². The molecular formula is C19H14ClFN4O3S. The number of nitrogens with one attached hydrogen (secondary N) is 1. The van der Waals surface area contributed by atoms with Gasteiger partial charge in [-0.3, -0.25) is 14.5 Å². The Hall–Kier alpha value is -3.09. The predicted octanol–water partition coefficient (Wildman–Crippen LogP) is 3.68. The molecule has 0 aliphatic rings. The van der Waals surface area contributed by atoms with E-state index < -0.39 is 27.2 Å². The summed E-state index contributed by atoms with van der Waals surface area (Å²) in [4.78, 5) is 21.0. The van der Waals surface area contributed by atoms with E-state index in [-0.39, 0.29) is 33.2 Å². The fourth-order valence-electron chi connectivity index (χ4n) is 2.68. The molecule has 2 aromatic carbocycles. The molecule has 3 rings (SSSR count). The van der Waals surface area contributed by atoms with Crippen molar-refractivity contribution in [3.05, 3.63) is 64.2 Å². The summed E-state index contributed by atoms with van der Waals surface area (Å²) < 4.78 is 40.7. The van der Waals surface area contributed by atoms with Crippen LogP contribution in [0.4, 0.5) is 10.1 Å². The zero-order valence-corrected chi connectivity index (χ0v) is 16.7. The minimum atomic E-state index is -3.68. The zero-order chi connectivity index (χ0) is 21.2. The van der Waals surface area contributed by atoms with Gasteiger partial charge in [0.05, 0.1) is 39.3 Å². The van der Waals surface area contributed by atoms with Crippen LogP contribution in [0.5, 0.6) is 0 Å². The van der Waals surface area contributed by atoms with Crippen molar-refractivity contribution in [1.82, 2.24) is 9.97 Å². The van der Waals surface area contributed by atoms with Crippen LogP contribution in [0, 0.1) is 17.1 Å². The third kappa shape index (κ3) is 4.34. The number of hydrogen-bond acceptors (Lipinski definition) is 6. The van der Waals surface area contributed by atoms with Crippen LogP contribution in [0.15, 0.2) is 36.5 Å². The van der Waals surface area contributed by atoms with Crippen LogP contribution in [0.3, 0.4) is 0 Å². The van der Waals surface area contributed by atoms with E-state index >= 15 is 0 Å². The molecule has 0 spiro atoms. The number of sulfonamides is 1. The first-order valence-corrected chi connectivity index (χ1v) is 10.5. The number of benzene rings is 2. The van der Waals surface area contributed by atoms with Crippen LogP contribution in [0.1, 0.15) is 35.0 Å². The van der Waals surface area contributed by atoms with Crippen LogP contribution in [-0.4, -0.2) is 29.9 Å². The van der Waals surface area contributed by atoms with Gasteiger partial charge in [0, 0.05) is 5.56 Å². The third-order valence-corrected chi connectivity index (χ3v) is 5.84. The summed E-state index contributed by atoms with van der Waals surface area (Å²) in [5, 5.41) is 8.60. The molecule has 1 aromatic heterocycles. The first-order valence-electron chi connectivity index (χ1n) is 8.46. The van der Waals surface area contributed by atoms with Crippen molar-refractivity contribution in [2.45, 2.75) is 13.3 Å². The number of aromatic nitrogens is 2. The van der Waals surface area contributed by atoms with Gasteiger partial charge in [-0.25, -0.2) is 17.8 Å². The van der Waals surface area contributed by atoms with Gasteiger partial charge in [0.15, 0.2) is 11.5 Å². The number of ketones is 1. The van der Waals surface area contributed by atoms with Crippen molar-refractivity contribution >= 4 is 44.1 Å². The van der Waals surface area contributed by atoms with E-state index in [1.807, 2.05) is 6.07 Å². The molecule has 1 heterocycles. The molecule has 0 saturated carbocycles. The quantitative estimate of drug-likeness (QED) is 0.594. The Balaban J connectivity index is 2.06. The second-order valence-corrected chi connectivity index (χ2v) is 8.32. The molecule has 1 N–H and O–H groups in total. The van der Waals surface area contributed by atoms with Crippen molar-refractivity contribution in [3.63, 3.8) is 0 Å². The first kappa shape index (κ1) is 20.6. The van der Waals surface area contributed by atoms with Gasteiger partial charge in [0.2, 0.25) is 10.0 Å². The van der Waals surface area contributed by atoms with E-state index in [1.165, 1.54) is 24.4 Å². The molecule has 3 aromatic rings. The van der Waals surface area contributed by atoms with E-state index in [9.17, 15) is 17.6 Å². The molecule has 0 saturated heterocycles. The molecule has 10 heteroatoms. The normalized spacial score (nSPS) is 11.2. The Bertz CT molecular complexity index is 1270. The van der Waals surface area contributed by atoms with E-state index in [4.69, 9.17) is 16.9 Å². The Labute approximate surface area is 171 Å². The van der Waals surface area contributed by atoms with Gasteiger partial charge >= 0.3 is 0 Å². The second kappa shape index (κ2) is 8.11. The molecule has 0 aliphatic carbocycles. The molecule has 148 valence electrons. The van der Waals surface area contributed by atoms with Crippen LogP contribution in [0.2, 0.25) is 5.02 Å². The molecule has 0 amide bonds. The highest BCUT2D eigenvalue weighted by Crippen LogP contribution is 2.31. The van der Waals surface area contributed by atoms with E-state index in [0.29, 0.717) is 11.9 Å². The van der Waals surface area contributed by atoms with Crippen LogP contribution in [-0.2, 0) is 10.0 Å². The summed E-state index contributed by atoms with van der Waals surface area (Å²) in [6.45, 7) is 1.70. The largest absolute Gasteiger partial charge is 0.288 e. The Morgan fingerprint density at radius 3 is 2.72 bits per heavy atom. The molecule has 0 atom stereocenters. The number of rotatable bonds is 6. The number of halogens is 2. The van der Waals surface area contributed by atoms with Crippen LogP contribution >= 0.6 is 11.6 Å². The summed E-state index contributed by atoms with van der Waals surface area (Å²) in [6, 6.07) is 8.29. The van der Waals surface area contributed by atoms with Gasteiger partial charge in [0.25, 0.3) is 0 Å². The number of carbonyl (C=O) groups is 1. The van der Waals surface area contributed by atoms with E-state index in [2.05, 4.69) is 14.7 Å². The maximum atomic E-state index is 14.4. The number of nitrogens with zero attached hydrogens (tertiary/aromatic N) is 3. The van der Waals surface area contributed by atoms with Crippen LogP contribution < -0.4 is 4.72 Å². The monoisotopic (exact) mass is 432 g/mol. The molecule has 29 heavy (non-hydrogen) atoms. The molecule has 0 fully saturated rings. The summed E-state index contributed by atoms with van der Waals surface area (Å²) in [5.74, 6) is -1.79. The average Bonchev–Trinajstić information content (AvgIpc) is 2.69. The molecule has 0 radical (unpaired) electrons. The van der Waals surface area contributed by atoms with Gasteiger partial charge in [-0.1, -0.05) is 18.5 Å². The van der Waals surface area contributed by atoms with Gasteiger partial charge < -0.3 is 0 Å². The number of fused-ring (bicyclic) bond motifs is 1. The molecule has 0 aliphatic heterocycles. The molecule has 7 nitrogen and oxygen atoms in total. The fraction of sp³-hybridized carbons (Fsp3) is 0.158. The highest BCUT2D eigenvalue weighted by atomic mass is 35.5. The van der Waals surface area contributed by atoms with E-state index in [0.717, 1.165) is 12.1 Å². The van der Waals surface area contributed by atoms with Gasteiger partial charge in [-0.05, 0) is 36.8 Å². The topological polar surface area (TPSA) is 113 Å². The minimum absolute atomic E-state index is 0.0660. The lowest BCUT2D eigenvalue weighted by Gasteiger charge is -2.12. The number of hydrogen-bond donors (Lipinski definition) is 1. The standard InChI is InChI=1S/C19H14ClFN4O3S/c1-2-7-29(27,28)25-15-6-4-13(21)17(18(15)20)19(26)11-3-5-14-16(8-11)24-12(9-22)10-23-14/h3-6,8,10,25H,2,7H2,1H3. The first-order chi connectivity index (χ1) is 13.8. The smallest absolute Gasteiger partial charge is 0.232 e. The molecule has 0 unspecified atom stereocenters. The summed E-state index contributed by atoms with van der Waals surface area (Å²) in [6.07, 6.45) is 1.68. The van der Waals surface area contributed by atoms with E-state index in [1.54, 1.807) is 6.92 Å². The SMILES string of the molecule is CCCS(=O)(=O)Nc1ccc(F)c(C(=O)c2ccc3ncc(C#N)nc3c2)c1Cl. The van der Waals surface area contributed by atoms with Crippen molar-refractivity contribution in [3.8, 4) is 6.07 Å². The molecule has 0 bridgehead atoms. The highest BCUT2D eigenvalue weighted by molar-refractivity contribution is 7.92. The number of nitriles is 1. The maximum Gasteiger partial charge on any atom is 0.232 e.